The van der Waals surface area contributed by atoms with Gasteiger partial charge in [0.2, 0.25) is 0 Å². The summed E-state index contributed by atoms with van der Waals surface area (Å²) in [5.74, 6) is 0.311. The molecule has 0 aromatic heterocycles. The zero-order valence-electron chi connectivity index (χ0n) is 8.58. The molecule has 0 saturated heterocycles. The molecule has 0 aliphatic heterocycles. The predicted molar refractivity (Wildman–Crippen MR) is 44.8 cm³/mol. The molecule has 3 heteroatoms. The Hall–Kier alpha value is -0.0200. The molecular formula is C9H13NaO2. The molecule has 0 heterocycles. The Bertz CT molecular complexity index is 213. The van der Waals surface area contributed by atoms with Crippen molar-refractivity contribution in [2.45, 2.75) is 6.42 Å². The minimum Gasteiger partial charge on any atom is -1.00 e. The summed E-state index contributed by atoms with van der Waals surface area (Å²) in [6.07, 6.45) is 0.900. The fourth-order valence-electron chi connectivity index (χ4n) is 0.883. The van der Waals surface area contributed by atoms with Crippen LogP contribution in [0.15, 0.2) is 24.3 Å². The van der Waals surface area contributed by atoms with Gasteiger partial charge in [-0.3, -0.25) is 0 Å². The Morgan fingerprint density at radius 1 is 1.33 bits per heavy atom. The fraction of sp³-hybridized carbons (Fsp3) is 0.333. The van der Waals surface area contributed by atoms with Gasteiger partial charge in [-0.25, -0.2) is 0 Å². The van der Waals surface area contributed by atoms with Crippen molar-refractivity contribution in [1.82, 2.24) is 0 Å². The number of aromatic hydroxyl groups is 1. The zero-order valence-corrected chi connectivity index (χ0v) is 9.58. The number of benzene rings is 1. The van der Waals surface area contributed by atoms with Crippen molar-refractivity contribution in [2.24, 2.45) is 0 Å². The minimum atomic E-state index is 0. The maximum Gasteiger partial charge on any atom is 1.00 e. The van der Waals surface area contributed by atoms with Gasteiger partial charge in [0.1, 0.15) is 5.75 Å². The van der Waals surface area contributed by atoms with Crippen molar-refractivity contribution in [2.75, 3.05) is 13.7 Å². The first-order chi connectivity index (χ1) is 5.33. The van der Waals surface area contributed by atoms with Gasteiger partial charge in [0.25, 0.3) is 0 Å². The summed E-state index contributed by atoms with van der Waals surface area (Å²) in [6.45, 7) is 0.727. The van der Waals surface area contributed by atoms with Crippen LogP contribution in [0, 0.1) is 0 Å². The Morgan fingerprint density at radius 3 is 2.42 bits per heavy atom. The molecule has 0 spiro atoms. The standard InChI is InChI=1S/C9H12O2.Na.H/c1-11-7-6-8-2-4-9(10)5-3-8;;/h2-5,10H,6-7H2,1H3;;/q;+1;-1. The molecule has 62 valence electrons. The first kappa shape index (κ1) is 12.0. The number of hydrogen-bond acceptors (Lipinski definition) is 2. The van der Waals surface area contributed by atoms with Gasteiger partial charge in [-0.1, -0.05) is 12.1 Å². The summed E-state index contributed by atoms with van der Waals surface area (Å²) < 4.78 is 4.91. The van der Waals surface area contributed by atoms with Crippen LogP contribution in [-0.2, 0) is 11.2 Å². The van der Waals surface area contributed by atoms with Gasteiger partial charge in [-0.2, -0.15) is 0 Å². The molecule has 1 aromatic carbocycles. The molecule has 0 aliphatic carbocycles. The van der Waals surface area contributed by atoms with E-state index < -0.39 is 0 Å². The Kier molecular flexibility index (Phi) is 6.48. The second kappa shape index (κ2) is 6.49. The van der Waals surface area contributed by atoms with E-state index in [1.807, 2.05) is 12.1 Å². The third kappa shape index (κ3) is 4.12. The van der Waals surface area contributed by atoms with Gasteiger partial charge in [0.15, 0.2) is 0 Å². The maximum absolute atomic E-state index is 8.95. The molecular weight excluding hydrogens is 163 g/mol. The van der Waals surface area contributed by atoms with Crippen LogP contribution in [0.3, 0.4) is 0 Å². The summed E-state index contributed by atoms with van der Waals surface area (Å²) in [5, 5.41) is 8.95. The molecule has 0 unspecified atom stereocenters. The molecule has 2 nitrogen and oxygen atoms in total. The van der Waals surface area contributed by atoms with Gasteiger partial charge in [0.05, 0.1) is 6.61 Å². The van der Waals surface area contributed by atoms with E-state index >= 15 is 0 Å². The number of methoxy groups -OCH3 is 1. The molecule has 0 atom stereocenters. The minimum absolute atomic E-state index is 0. The van der Waals surface area contributed by atoms with E-state index in [4.69, 9.17) is 9.84 Å². The summed E-state index contributed by atoms with van der Waals surface area (Å²) in [4.78, 5) is 0. The van der Waals surface area contributed by atoms with E-state index in [0.29, 0.717) is 5.75 Å². The van der Waals surface area contributed by atoms with Crippen LogP contribution in [0.5, 0.6) is 5.75 Å². The number of rotatable bonds is 3. The van der Waals surface area contributed by atoms with Gasteiger partial charge in [-0.15, -0.1) is 0 Å². The second-order valence-corrected chi connectivity index (χ2v) is 2.41. The van der Waals surface area contributed by atoms with E-state index in [1.165, 1.54) is 5.56 Å². The largest absolute Gasteiger partial charge is 1.00 e. The molecule has 1 rings (SSSR count). The molecule has 0 fully saturated rings. The normalized spacial score (nSPS) is 9.08. The van der Waals surface area contributed by atoms with E-state index in [-0.39, 0.29) is 31.0 Å². The average Bonchev–Trinajstić information content (AvgIpc) is 2.04. The maximum atomic E-state index is 8.95. The van der Waals surface area contributed by atoms with Gasteiger partial charge in [-0.05, 0) is 24.1 Å². The molecule has 1 aromatic rings. The van der Waals surface area contributed by atoms with Crippen LogP contribution in [0.25, 0.3) is 0 Å². The summed E-state index contributed by atoms with van der Waals surface area (Å²) in [7, 11) is 1.68. The molecule has 0 bridgehead atoms. The molecule has 12 heavy (non-hydrogen) atoms. The third-order valence-corrected chi connectivity index (χ3v) is 1.53. The first-order valence-corrected chi connectivity index (χ1v) is 3.60. The van der Waals surface area contributed by atoms with E-state index in [2.05, 4.69) is 0 Å². The Morgan fingerprint density at radius 2 is 1.92 bits per heavy atom. The van der Waals surface area contributed by atoms with Crippen molar-refractivity contribution < 1.29 is 40.8 Å². The number of phenols is 1. The van der Waals surface area contributed by atoms with Crippen molar-refractivity contribution in [1.29, 1.82) is 0 Å². The topological polar surface area (TPSA) is 29.5 Å². The second-order valence-electron chi connectivity index (χ2n) is 2.41. The fourth-order valence-corrected chi connectivity index (χ4v) is 0.883. The average molecular weight is 176 g/mol. The first-order valence-electron chi connectivity index (χ1n) is 3.60. The van der Waals surface area contributed by atoms with Gasteiger partial charge in [0, 0.05) is 7.11 Å². The number of ether oxygens (including phenoxy) is 1. The number of phenolic OH excluding ortho intramolecular Hbond substituents is 1. The van der Waals surface area contributed by atoms with E-state index in [1.54, 1.807) is 19.2 Å². The summed E-state index contributed by atoms with van der Waals surface area (Å²) in [6, 6.07) is 7.17. The van der Waals surface area contributed by atoms with Crippen LogP contribution in [0.4, 0.5) is 0 Å². The van der Waals surface area contributed by atoms with Crippen LogP contribution < -0.4 is 29.6 Å². The SMILES string of the molecule is COCCc1ccc(O)cc1.[H-].[Na+]. The van der Waals surface area contributed by atoms with E-state index in [0.717, 1.165) is 13.0 Å². The van der Waals surface area contributed by atoms with Gasteiger partial charge >= 0.3 is 29.6 Å². The monoisotopic (exact) mass is 176 g/mol. The molecule has 0 radical (unpaired) electrons. The van der Waals surface area contributed by atoms with Crippen LogP contribution in [0.1, 0.15) is 6.99 Å². The third-order valence-electron chi connectivity index (χ3n) is 1.53. The van der Waals surface area contributed by atoms with Gasteiger partial charge < -0.3 is 11.3 Å². The summed E-state index contributed by atoms with van der Waals surface area (Å²) in [5.41, 5.74) is 1.18. The quantitative estimate of drug-likeness (QED) is 0.580. The van der Waals surface area contributed by atoms with Crippen molar-refractivity contribution in [3.05, 3.63) is 29.8 Å². The Labute approximate surface area is 96.3 Å². The molecule has 0 aliphatic rings. The molecule has 0 amide bonds. The molecule has 0 saturated carbocycles. The van der Waals surface area contributed by atoms with Crippen LogP contribution in [0.2, 0.25) is 0 Å². The van der Waals surface area contributed by atoms with E-state index in [9.17, 15) is 0 Å². The summed E-state index contributed by atoms with van der Waals surface area (Å²) >= 11 is 0. The van der Waals surface area contributed by atoms with Crippen molar-refractivity contribution in [3.8, 4) is 5.75 Å². The zero-order chi connectivity index (χ0) is 8.10. The van der Waals surface area contributed by atoms with Crippen molar-refractivity contribution in [3.63, 3.8) is 0 Å². The van der Waals surface area contributed by atoms with Crippen molar-refractivity contribution >= 4 is 0 Å². The Balaban J connectivity index is 0. The predicted octanol–water partition coefficient (Wildman–Crippen LogP) is -1.30. The number of hydrogen-bond donors (Lipinski definition) is 1. The smallest absolute Gasteiger partial charge is 1.00 e. The van der Waals surface area contributed by atoms with Crippen LogP contribution in [-0.4, -0.2) is 18.8 Å². The van der Waals surface area contributed by atoms with Crippen LogP contribution >= 0.6 is 0 Å². The molecule has 1 N–H and O–H groups in total.